The first-order valence-electron chi connectivity index (χ1n) is 10.3. The Kier molecular flexibility index (Phi) is 9.02. The number of carbonyl (C=O) groups is 2. The Morgan fingerprint density at radius 2 is 1.73 bits per heavy atom. The lowest BCUT2D eigenvalue weighted by atomic mass is 10.2. The highest BCUT2D eigenvalue weighted by atomic mass is 32.2. The van der Waals surface area contributed by atoms with Crippen LogP contribution in [0.15, 0.2) is 84.0 Å². The van der Waals surface area contributed by atoms with Crippen LogP contribution in [-0.2, 0) is 15.3 Å². The van der Waals surface area contributed by atoms with Gasteiger partial charge in [-0.25, -0.2) is 9.82 Å². The number of anilines is 1. The molecule has 0 spiro atoms. The van der Waals surface area contributed by atoms with Crippen molar-refractivity contribution in [1.82, 2.24) is 5.43 Å². The second-order valence-corrected chi connectivity index (χ2v) is 8.41. The Labute approximate surface area is 196 Å². The van der Waals surface area contributed by atoms with Gasteiger partial charge >= 0.3 is 0 Å². The fourth-order valence-electron chi connectivity index (χ4n) is 2.66. The van der Waals surface area contributed by atoms with E-state index in [9.17, 15) is 14.0 Å². The van der Waals surface area contributed by atoms with Crippen molar-refractivity contribution in [2.45, 2.75) is 17.9 Å². The maximum atomic E-state index is 12.9. The molecule has 0 radical (unpaired) electrons. The molecule has 0 aliphatic carbocycles. The zero-order valence-electron chi connectivity index (χ0n) is 18.0. The summed E-state index contributed by atoms with van der Waals surface area (Å²) >= 11 is 1.54. The first kappa shape index (κ1) is 24.0. The van der Waals surface area contributed by atoms with Gasteiger partial charge in [-0.1, -0.05) is 30.3 Å². The highest BCUT2D eigenvalue weighted by Crippen LogP contribution is 2.17. The number of nitrogens with zero attached hydrogens (tertiary/aromatic N) is 1. The number of rotatable bonds is 10. The zero-order valence-corrected chi connectivity index (χ0v) is 18.8. The number of hydrogen-bond donors (Lipinski definition) is 2. The lowest BCUT2D eigenvalue weighted by molar-refractivity contribution is -0.120. The first-order valence-corrected chi connectivity index (χ1v) is 11.3. The van der Waals surface area contributed by atoms with Crippen LogP contribution in [0.5, 0.6) is 5.75 Å². The van der Waals surface area contributed by atoms with Gasteiger partial charge in [-0.2, -0.15) is 5.10 Å². The fraction of sp³-hybridized carbons (Fsp3) is 0.160. The van der Waals surface area contributed by atoms with Crippen LogP contribution in [-0.4, -0.2) is 29.9 Å². The van der Waals surface area contributed by atoms with Crippen molar-refractivity contribution < 1.29 is 18.7 Å². The van der Waals surface area contributed by atoms with Crippen molar-refractivity contribution in [2.75, 3.05) is 11.9 Å². The van der Waals surface area contributed by atoms with Gasteiger partial charge in [0.15, 0.2) is 6.61 Å². The Morgan fingerprint density at radius 3 is 2.42 bits per heavy atom. The summed E-state index contributed by atoms with van der Waals surface area (Å²) in [6.07, 6.45) is 1.54. The third kappa shape index (κ3) is 8.42. The Bertz CT molecular complexity index is 1070. The van der Waals surface area contributed by atoms with Crippen LogP contribution >= 0.6 is 11.8 Å². The molecule has 33 heavy (non-hydrogen) atoms. The number of hydrazone groups is 1. The second-order valence-electron chi connectivity index (χ2n) is 7.09. The summed E-state index contributed by atoms with van der Waals surface area (Å²) in [6.45, 7) is 1.66. The number of nitrogens with one attached hydrogen (secondary N) is 2. The minimum Gasteiger partial charge on any atom is -0.484 e. The van der Waals surface area contributed by atoms with E-state index in [0.717, 1.165) is 11.3 Å². The van der Waals surface area contributed by atoms with E-state index in [1.807, 2.05) is 37.3 Å². The maximum absolute atomic E-state index is 12.9. The molecule has 0 heterocycles. The first-order chi connectivity index (χ1) is 16.0. The average Bonchev–Trinajstić information content (AvgIpc) is 2.84. The molecule has 2 amide bonds. The van der Waals surface area contributed by atoms with Crippen LogP contribution in [0.3, 0.4) is 0 Å². The van der Waals surface area contributed by atoms with Crippen molar-refractivity contribution in [2.24, 2.45) is 5.10 Å². The SMILES string of the molecule is C[C@H](SCc1ccccc1)C(=O)N/N=C\c1ccc(OCC(=O)Nc2ccc(F)cc2)cc1. The molecule has 3 rings (SSSR count). The predicted molar refractivity (Wildman–Crippen MR) is 130 cm³/mol. The summed E-state index contributed by atoms with van der Waals surface area (Å²) in [5.74, 6) is 0.372. The summed E-state index contributed by atoms with van der Waals surface area (Å²) < 4.78 is 18.4. The number of amides is 2. The Hall–Kier alpha value is -3.65. The van der Waals surface area contributed by atoms with E-state index < -0.39 is 0 Å². The molecule has 0 aromatic heterocycles. The van der Waals surface area contributed by atoms with Crippen LogP contribution < -0.4 is 15.5 Å². The minimum absolute atomic E-state index is 0.167. The van der Waals surface area contributed by atoms with Gasteiger partial charge in [0.1, 0.15) is 11.6 Å². The molecule has 0 bridgehead atoms. The lowest BCUT2D eigenvalue weighted by Crippen LogP contribution is -2.26. The lowest BCUT2D eigenvalue weighted by Gasteiger charge is -2.09. The number of halogens is 1. The number of thioether (sulfide) groups is 1. The molecule has 0 aliphatic heterocycles. The molecular weight excluding hydrogens is 441 g/mol. The summed E-state index contributed by atoms with van der Waals surface area (Å²) in [4.78, 5) is 24.1. The molecule has 1 atom stereocenters. The predicted octanol–water partition coefficient (Wildman–Crippen LogP) is 4.62. The largest absolute Gasteiger partial charge is 0.484 e. The van der Waals surface area contributed by atoms with E-state index in [2.05, 4.69) is 15.8 Å². The molecule has 0 saturated heterocycles. The topological polar surface area (TPSA) is 79.8 Å². The Balaban J connectivity index is 1.38. The van der Waals surface area contributed by atoms with Gasteiger partial charge < -0.3 is 10.1 Å². The van der Waals surface area contributed by atoms with Crippen LogP contribution in [0.4, 0.5) is 10.1 Å². The van der Waals surface area contributed by atoms with Crippen LogP contribution in [0.1, 0.15) is 18.1 Å². The molecule has 3 aromatic rings. The van der Waals surface area contributed by atoms with Gasteiger partial charge in [0.25, 0.3) is 11.8 Å². The highest BCUT2D eigenvalue weighted by molar-refractivity contribution is 7.99. The summed E-state index contributed by atoms with van der Waals surface area (Å²) in [5.41, 5.74) is 4.98. The standard InChI is InChI=1S/C25H24FN3O3S/c1-18(33-17-20-5-3-2-4-6-20)25(31)29-27-15-19-7-13-23(14-8-19)32-16-24(30)28-22-11-9-21(26)10-12-22/h2-15,18H,16-17H2,1H3,(H,28,30)(H,29,31)/b27-15-/t18-/m0/s1. The molecule has 2 N–H and O–H groups in total. The maximum Gasteiger partial charge on any atom is 0.262 e. The van der Waals surface area contributed by atoms with Gasteiger partial charge in [0.2, 0.25) is 0 Å². The summed E-state index contributed by atoms with van der Waals surface area (Å²) in [7, 11) is 0. The minimum atomic E-state index is -0.371. The number of carbonyl (C=O) groups excluding carboxylic acids is 2. The smallest absolute Gasteiger partial charge is 0.262 e. The molecule has 170 valence electrons. The van der Waals surface area contributed by atoms with E-state index in [4.69, 9.17) is 4.74 Å². The van der Waals surface area contributed by atoms with Gasteiger partial charge in [-0.3, -0.25) is 9.59 Å². The van der Waals surface area contributed by atoms with E-state index in [1.165, 1.54) is 36.0 Å². The molecule has 8 heteroatoms. The molecule has 6 nitrogen and oxygen atoms in total. The molecule has 3 aromatic carbocycles. The monoisotopic (exact) mass is 465 g/mol. The van der Waals surface area contributed by atoms with Crippen molar-refractivity contribution in [3.63, 3.8) is 0 Å². The molecule has 0 aliphatic rings. The molecular formula is C25H24FN3O3S. The van der Waals surface area contributed by atoms with Crippen molar-refractivity contribution in [3.8, 4) is 5.75 Å². The van der Waals surface area contributed by atoms with E-state index in [1.54, 1.807) is 36.0 Å². The average molecular weight is 466 g/mol. The van der Waals surface area contributed by atoms with Crippen LogP contribution in [0.25, 0.3) is 0 Å². The highest BCUT2D eigenvalue weighted by Gasteiger charge is 2.12. The molecule has 0 saturated carbocycles. The van der Waals surface area contributed by atoms with Crippen molar-refractivity contribution >= 4 is 35.5 Å². The van der Waals surface area contributed by atoms with Gasteiger partial charge in [-0.15, -0.1) is 11.8 Å². The number of benzene rings is 3. The number of ether oxygens (including phenoxy) is 1. The molecule has 0 fully saturated rings. The number of hydrogen-bond acceptors (Lipinski definition) is 5. The van der Waals surface area contributed by atoms with Crippen LogP contribution in [0.2, 0.25) is 0 Å². The quantitative estimate of drug-likeness (QED) is 0.338. The Morgan fingerprint density at radius 1 is 1.03 bits per heavy atom. The van der Waals surface area contributed by atoms with Gasteiger partial charge in [-0.05, 0) is 66.6 Å². The van der Waals surface area contributed by atoms with Crippen molar-refractivity contribution in [1.29, 1.82) is 0 Å². The summed E-state index contributed by atoms with van der Waals surface area (Å²) in [6, 6.07) is 22.4. The third-order valence-electron chi connectivity index (χ3n) is 4.48. The van der Waals surface area contributed by atoms with Crippen molar-refractivity contribution in [3.05, 3.63) is 95.8 Å². The normalized spacial score (nSPS) is 11.7. The van der Waals surface area contributed by atoms with Gasteiger partial charge in [0, 0.05) is 11.4 Å². The van der Waals surface area contributed by atoms with E-state index in [0.29, 0.717) is 11.4 Å². The van der Waals surface area contributed by atoms with E-state index in [-0.39, 0.29) is 29.5 Å². The molecule has 0 unspecified atom stereocenters. The zero-order chi connectivity index (χ0) is 23.5. The van der Waals surface area contributed by atoms with Gasteiger partial charge in [0.05, 0.1) is 11.5 Å². The second kappa shape index (κ2) is 12.4. The fourth-order valence-corrected chi connectivity index (χ4v) is 3.50. The van der Waals surface area contributed by atoms with Crippen LogP contribution in [0, 0.1) is 5.82 Å². The third-order valence-corrected chi connectivity index (χ3v) is 5.69. The summed E-state index contributed by atoms with van der Waals surface area (Å²) in [5, 5.41) is 6.39. The van der Waals surface area contributed by atoms with E-state index >= 15 is 0 Å².